The van der Waals surface area contributed by atoms with Gasteiger partial charge in [0.1, 0.15) is 17.0 Å². The number of hydrogen-bond donors (Lipinski definition) is 2. The Bertz CT molecular complexity index is 1650. The third-order valence-corrected chi connectivity index (χ3v) is 6.27. The number of rotatable bonds is 5. The molecule has 0 fully saturated rings. The second-order valence-corrected chi connectivity index (χ2v) is 9.33. The van der Waals surface area contributed by atoms with Crippen molar-refractivity contribution in [2.45, 2.75) is 13.8 Å². The van der Waals surface area contributed by atoms with Crippen molar-refractivity contribution < 1.29 is 13.6 Å². The van der Waals surface area contributed by atoms with E-state index in [1.807, 2.05) is 80.6 Å². The molecule has 2 aromatic heterocycles. The molecule has 2 N–H and O–H groups in total. The first kappa shape index (κ1) is 24.5. The number of hydrogen-bond acceptors (Lipinski definition) is 5. The largest absolute Gasteiger partial charge is 0.457 e. The molecule has 3 aromatic carbocycles. The number of furan rings is 1. The maximum absolute atomic E-state index is 12.4. The summed E-state index contributed by atoms with van der Waals surface area (Å²) in [7, 11) is 0. The van der Waals surface area contributed by atoms with Gasteiger partial charge >= 0.3 is 0 Å². The van der Waals surface area contributed by atoms with Crippen LogP contribution in [-0.2, 0) is 4.79 Å². The summed E-state index contributed by atoms with van der Waals surface area (Å²) < 4.78 is 11.7. The molecule has 0 bridgehead atoms. The van der Waals surface area contributed by atoms with Crippen LogP contribution in [0, 0.1) is 13.8 Å². The van der Waals surface area contributed by atoms with E-state index >= 15 is 0 Å². The van der Waals surface area contributed by atoms with E-state index in [0.29, 0.717) is 39.2 Å². The highest BCUT2D eigenvalue weighted by Crippen LogP contribution is 2.28. The van der Waals surface area contributed by atoms with Gasteiger partial charge in [0.2, 0.25) is 11.8 Å². The minimum atomic E-state index is -0.391. The van der Waals surface area contributed by atoms with Crippen LogP contribution in [-0.4, -0.2) is 16.0 Å². The van der Waals surface area contributed by atoms with E-state index in [1.165, 1.54) is 11.6 Å². The number of benzene rings is 3. The second-order valence-electron chi connectivity index (χ2n) is 8.51. The van der Waals surface area contributed by atoms with Gasteiger partial charge in [-0.3, -0.25) is 10.1 Å². The fourth-order valence-electron chi connectivity index (χ4n) is 3.64. The molecule has 8 heteroatoms. The number of halogens is 1. The van der Waals surface area contributed by atoms with Gasteiger partial charge in [-0.05, 0) is 86.2 Å². The Morgan fingerprint density at radius 3 is 2.51 bits per heavy atom. The molecular formula is C29H22ClN3O3S. The van der Waals surface area contributed by atoms with Gasteiger partial charge in [0.15, 0.2) is 10.7 Å². The summed E-state index contributed by atoms with van der Waals surface area (Å²) in [4.78, 5) is 16.9. The van der Waals surface area contributed by atoms with Crippen LogP contribution in [0.3, 0.4) is 0 Å². The highest BCUT2D eigenvalue weighted by molar-refractivity contribution is 7.80. The number of fused-ring (bicyclic) bond motifs is 1. The normalized spacial score (nSPS) is 11.2. The summed E-state index contributed by atoms with van der Waals surface area (Å²) in [6.07, 6.45) is 2.93. The molecule has 5 rings (SSSR count). The average molecular weight is 528 g/mol. The third-order valence-electron chi connectivity index (χ3n) is 5.66. The fraction of sp³-hybridized carbons (Fsp3) is 0.0690. The summed E-state index contributed by atoms with van der Waals surface area (Å²) in [6.45, 7) is 3.97. The first-order valence-electron chi connectivity index (χ1n) is 11.5. The maximum atomic E-state index is 12.4. The van der Waals surface area contributed by atoms with E-state index in [4.69, 9.17) is 32.7 Å². The second kappa shape index (κ2) is 10.4. The molecule has 6 nitrogen and oxygen atoms in total. The summed E-state index contributed by atoms with van der Waals surface area (Å²) in [6, 6.07) is 22.7. The fourth-order valence-corrected chi connectivity index (χ4v) is 4.04. The molecule has 0 saturated carbocycles. The number of carbonyl (C=O) groups excluding carboxylic acids is 1. The predicted molar refractivity (Wildman–Crippen MR) is 151 cm³/mol. The van der Waals surface area contributed by atoms with Gasteiger partial charge in [0.25, 0.3) is 0 Å². The van der Waals surface area contributed by atoms with Crippen molar-refractivity contribution in [1.29, 1.82) is 0 Å². The van der Waals surface area contributed by atoms with Gasteiger partial charge in [-0.15, -0.1) is 0 Å². The Labute approximate surface area is 224 Å². The van der Waals surface area contributed by atoms with E-state index in [1.54, 1.807) is 12.1 Å². The van der Waals surface area contributed by atoms with Crippen molar-refractivity contribution in [3.63, 3.8) is 0 Å². The predicted octanol–water partition coefficient (Wildman–Crippen LogP) is 7.55. The zero-order valence-corrected chi connectivity index (χ0v) is 21.6. The quantitative estimate of drug-likeness (QED) is 0.181. The van der Waals surface area contributed by atoms with Gasteiger partial charge < -0.3 is 14.2 Å². The zero-order chi connectivity index (χ0) is 25.9. The lowest BCUT2D eigenvalue weighted by Gasteiger charge is -2.07. The van der Waals surface area contributed by atoms with Gasteiger partial charge in [-0.25, -0.2) is 4.98 Å². The molecule has 1 amide bonds. The van der Waals surface area contributed by atoms with Crippen molar-refractivity contribution in [2.24, 2.45) is 0 Å². The van der Waals surface area contributed by atoms with E-state index in [0.717, 1.165) is 16.7 Å². The smallest absolute Gasteiger partial charge is 0.250 e. The van der Waals surface area contributed by atoms with E-state index in [-0.39, 0.29) is 5.11 Å². The van der Waals surface area contributed by atoms with E-state index < -0.39 is 5.91 Å². The average Bonchev–Trinajstić information content (AvgIpc) is 3.52. The summed E-state index contributed by atoms with van der Waals surface area (Å²) in [5.74, 6) is 1.34. The lowest BCUT2D eigenvalue weighted by Crippen LogP contribution is -2.32. The number of amides is 1. The number of aryl methyl sites for hydroxylation is 2. The van der Waals surface area contributed by atoms with Crippen molar-refractivity contribution in [3.8, 4) is 22.8 Å². The Morgan fingerprint density at radius 1 is 0.946 bits per heavy atom. The lowest BCUT2D eigenvalue weighted by molar-refractivity contribution is -0.115. The maximum Gasteiger partial charge on any atom is 0.250 e. The Hall–Kier alpha value is -4.20. The number of carbonyl (C=O) groups is 1. The van der Waals surface area contributed by atoms with Crippen LogP contribution in [0.5, 0.6) is 0 Å². The molecule has 0 radical (unpaired) electrons. The third kappa shape index (κ3) is 5.80. The number of oxazole rings is 1. The SMILES string of the molecule is Cc1ccc(-c2nc3cc(NC(=S)NC(=O)/C=C/c4ccc(-c5ccc(C)c(Cl)c5)o4)ccc3o2)cc1. The monoisotopic (exact) mass is 527 g/mol. The van der Waals surface area contributed by atoms with Gasteiger partial charge in [0.05, 0.1) is 0 Å². The first-order chi connectivity index (χ1) is 17.8. The number of thiocarbonyl (C=S) groups is 1. The van der Waals surface area contributed by atoms with Crippen LogP contribution in [0.25, 0.3) is 40.0 Å². The minimum Gasteiger partial charge on any atom is -0.457 e. The molecule has 2 heterocycles. The molecule has 0 aliphatic rings. The first-order valence-corrected chi connectivity index (χ1v) is 12.3. The van der Waals surface area contributed by atoms with Crippen LogP contribution in [0.15, 0.2) is 87.7 Å². The molecule has 0 unspecified atom stereocenters. The Morgan fingerprint density at radius 2 is 1.73 bits per heavy atom. The number of aromatic nitrogens is 1. The number of anilines is 1. The standard InChI is InChI=1S/C29H22ClN3O3S/c1-17-3-6-19(7-4-17)28-32-24-16-21(9-12-26(24)36-28)31-29(37)33-27(34)14-11-22-10-13-25(35-22)20-8-5-18(2)23(30)15-20/h3-16H,1-2H3,(H2,31,33,34,37)/b14-11+. The van der Waals surface area contributed by atoms with Crippen LogP contribution in [0.1, 0.15) is 16.9 Å². The van der Waals surface area contributed by atoms with Gasteiger partial charge in [-0.1, -0.05) is 41.4 Å². The van der Waals surface area contributed by atoms with Crippen LogP contribution in [0.2, 0.25) is 5.02 Å². The summed E-state index contributed by atoms with van der Waals surface area (Å²) in [5, 5.41) is 6.46. The molecule has 0 aliphatic carbocycles. The van der Waals surface area contributed by atoms with Crippen molar-refractivity contribution in [2.75, 3.05) is 5.32 Å². The van der Waals surface area contributed by atoms with Crippen molar-refractivity contribution in [3.05, 3.63) is 101 Å². The molecule has 0 spiro atoms. The van der Waals surface area contributed by atoms with Gasteiger partial charge in [-0.2, -0.15) is 0 Å². The molecule has 0 saturated heterocycles. The number of nitrogens with one attached hydrogen (secondary N) is 2. The molecule has 37 heavy (non-hydrogen) atoms. The van der Waals surface area contributed by atoms with Crippen LogP contribution >= 0.6 is 23.8 Å². The topological polar surface area (TPSA) is 80.3 Å². The minimum absolute atomic E-state index is 0.158. The highest BCUT2D eigenvalue weighted by atomic mass is 35.5. The molecule has 0 aliphatic heterocycles. The van der Waals surface area contributed by atoms with Crippen LogP contribution in [0.4, 0.5) is 5.69 Å². The summed E-state index contributed by atoms with van der Waals surface area (Å²) >= 11 is 11.5. The number of nitrogens with zero attached hydrogens (tertiary/aromatic N) is 1. The van der Waals surface area contributed by atoms with E-state index in [2.05, 4.69) is 15.6 Å². The van der Waals surface area contributed by atoms with Gasteiger partial charge in [0, 0.05) is 27.9 Å². The Kier molecular flexibility index (Phi) is 6.90. The molecule has 5 aromatic rings. The molecule has 0 atom stereocenters. The van der Waals surface area contributed by atoms with E-state index in [9.17, 15) is 4.79 Å². The summed E-state index contributed by atoms with van der Waals surface area (Å²) in [5.41, 5.74) is 5.93. The van der Waals surface area contributed by atoms with Crippen molar-refractivity contribution in [1.82, 2.24) is 10.3 Å². The van der Waals surface area contributed by atoms with Crippen LogP contribution < -0.4 is 10.6 Å². The Balaban J connectivity index is 1.20. The zero-order valence-electron chi connectivity index (χ0n) is 20.0. The highest BCUT2D eigenvalue weighted by Gasteiger charge is 2.10. The molecular weight excluding hydrogens is 506 g/mol. The van der Waals surface area contributed by atoms with Crippen molar-refractivity contribution >= 4 is 57.7 Å². The lowest BCUT2D eigenvalue weighted by atomic mass is 10.1. The molecule has 184 valence electrons.